The number of benzene rings is 1. The van der Waals surface area contributed by atoms with Crippen molar-refractivity contribution in [2.45, 2.75) is 6.10 Å². The molecule has 1 aromatic rings. The lowest BCUT2D eigenvalue weighted by Crippen LogP contribution is -2.32. The van der Waals surface area contributed by atoms with Gasteiger partial charge in [0.1, 0.15) is 11.9 Å². The molecule has 0 aromatic heterocycles. The van der Waals surface area contributed by atoms with E-state index in [9.17, 15) is 9.18 Å². The highest BCUT2D eigenvalue weighted by molar-refractivity contribution is 7.99. The van der Waals surface area contributed by atoms with E-state index in [2.05, 4.69) is 0 Å². The lowest BCUT2D eigenvalue weighted by Gasteiger charge is -2.21. The molecule has 1 unspecified atom stereocenters. The maximum atomic E-state index is 13.3. The van der Waals surface area contributed by atoms with Gasteiger partial charge in [0.15, 0.2) is 5.78 Å². The molecule has 0 spiro atoms. The first kappa shape index (κ1) is 10.6. The van der Waals surface area contributed by atoms with Crippen LogP contribution in [0.4, 0.5) is 4.39 Å². The van der Waals surface area contributed by atoms with Crippen LogP contribution in [0.3, 0.4) is 0 Å². The number of hydrogen-bond acceptors (Lipinski definition) is 3. The minimum Gasteiger partial charge on any atom is -0.368 e. The minimum atomic E-state index is -0.486. The zero-order valence-electron chi connectivity index (χ0n) is 8.11. The normalized spacial score (nSPS) is 21.3. The Balaban J connectivity index is 2.16. The van der Waals surface area contributed by atoms with Gasteiger partial charge in [0.2, 0.25) is 0 Å². The zero-order chi connectivity index (χ0) is 10.7. The van der Waals surface area contributed by atoms with Crippen LogP contribution in [0.1, 0.15) is 10.4 Å². The van der Waals surface area contributed by atoms with Gasteiger partial charge in [0, 0.05) is 11.5 Å². The molecule has 0 radical (unpaired) electrons. The predicted molar refractivity (Wildman–Crippen MR) is 57.8 cm³/mol. The summed E-state index contributed by atoms with van der Waals surface area (Å²) in [7, 11) is 0. The van der Waals surface area contributed by atoms with Crippen LogP contribution in [0.15, 0.2) is 24.3 Å². The van der Waals surface area contributed by atoms with Crippen LogP contribution in [0.2, 0.25) is 0 Å². The number of hydrogen-bond donors (Lipinski definition) is 0. The number of Topliss-reactive ketones (excluding diaryl/α,β-unsaturated/α-hetero) is 1. The van der Waals surface area contributed by atoms with E-state index in [4.69, 9.17) is 4.74 Å². The van der Waals surface area contributed by atoms with Crippen molar-refractivity contribution in [3.05, 3.63) is 35.6 Å². The van der Waals surface area contributed by atoms with Gasteiger partial charge >= 0.3 is 0 Å². The monoisotopic (exact) mass is 226 g/mol. The van der Waals surface area contributed by atoms with Crippen LogP contribution in [0, 0.1) is 5.82 Å². The van der Waals surface area contributed by atoms with Gasteiger partial charge in [-0.25, -0.2) is 4.39 Å². The third kappa shape index (κ3) is 2.38. The highest BCUT2D eigenvalue weighted by Gasteiger charge is 2.25. The summed E-state index contributed by atoms with van der Waals surface area (Å²) in [6, 6.07) is 6.03. The van der Waals surface area contributed by atoms with Gasteiger partial charge in [-0.2, -0.15) is 11.8 Å². The molecule has 2 nitrogen and oxygen atoms in total. The van der Waals surface area contributed by atoms with Crippen LogP contribution < -0.4 is 0 Å². The Hall–Kier alpha value is -0.870. The molecule has 0 bridgehead atoms. The predicted octanol–water partition coefficient (Wildman–Crippen LogP) is 2.14. The summed E-state index contributed by atoms with van der Waals surface area (Å²) in [5.74, 6) is 0.802. The lowest BCUT2D eigenvalue weighted by molar-refractivity contribution is 0.0515. The zero-order valence-corrected chi connectivity index (χ0v) is 8.93. The van der Waals surface area contributed by atoms with Crippen LogP contribution in [-0.2, 0) is 4.74 Å². The Bertz CT molecular complexity index is 361. The number of thioether (sulfide) groups is 1. The summed E-state index contributed by atoms with van der Waals surface area (Å²) in [6.45, 7) is 0.565. The molecule has 15 heavy (non-hydrogen) atoms. The molecule has 1 aromatic carbocycles. The first-order valence-corrected chi connectivity index (χ1v) is 5.92. The highest BCUT2D eigenvalue weighted by atomic mass is 32.2. The summed E-state index contributed by atoms with van der Waals surface area (Å²) in [4.78, 5) is 11.8. The van der Waals surface area contributed by atoms with E-state index < -0.39 is 11.9 Å². The van der Waals surface area contributed by atoms with E-state index in [1.165, 1.54) is 12.1 Å². The van der Waals surface area contributed by atoms with Crippen LogP contribution in [0.5, 0.6) is 0 Å². The topological polar surface area (TPSA) is 26.3 Å². The summed E-state index contributed by atoms with van der Waals surface area (Å²) in [5, 5.41) is 0. The second-order valence-corrected chi connectivity index (χ2v) is 4.43. The van der Waals surface area contributed by atoms with Gasteiger partial charge in [-0.3, -0.25) is 4.79 Å². The van der Waals surface area contributed by atoms with E-state index in [0.717, 1.165) is 5.75 Å². The Labute approximate surface area is 91.8 Å². The third-order valence-corrected chi connectivity index (χ3v) is 3.24. The van der Waals surface area contributed by atoms with Gasteiger partial charge in [-0.15, -0.1) is 0 Å². The molecule has 1 atom stereocenters. The van der Waals surface area contributed by atoms with Gasteiger partial charge in [-0.1, -0.05) is 12.1 Å². The summed E-state index contributed by atoms with van der Waals surface area (Å²) < 4.78 is 18.6. The molecule has 1 aliphatic heterocycles. The molecule has 1 heterocycles. The second-order valence-electron chi connectivity index (χ2n) is 3.28. The SMILES string of the molecule is O=C(c1ccccc1F)C1CSCCO1. The number of halogens is 1. The van der Waals surface area contributed by atoms with E-state index in [1.807, 2.05) is 0 Å². The van der Waals surface area contributed by atoms with Crippen molar-refractivity contribution in [3.8, 4) is 0 Å². The molecule has 0 aliphatic carbocycles. The Morgan fingerprint density at radius 2 is 2.27 bits per heavy atom. The average Bonchev–Trinajstić information content (AvgIpc) is 2.30. The quantitative estimate of drug-likeness (QED) is 0.723. The van der Waals surface area contributed by atoms with E-state index in [0.29, 0.717) is 12.4 Å². The molecular formula is C11H11FO2S. The first-order valence-electron chi connectivity index (χ1n) is 4.77. The van der Waals surface area contributed by atoms with E-state index >= 15 is 0 Å². The maximum absolute atomic E-state index is 13.3. The van der Waals surface area contributed by atoms with Gasteiger partial charge < -0.3 is 4.74 Å². The van der Waals surface area contributed by atoms with E-state index in [1.54, 1.807) is 23.9 Å². The number of carbonyl (C=O) groups is 1. The van der Waals surface area contributed by atoms with Crippen molar-refractivity contribution in [3.63, 3.8) is 0 Å². The van der Waals surface area contributed by atoms with Crippen molar-refractivity contribution < 1.29 is 13.9 Å². The van der Waals surface area contributed by atoms with Gasteiger partial charge in [0.25, 0.3) is 0 Å². The fourth-order valence-electron chi connectivity index (χ4n) is 1.47. The number of rotatable bonds is 2. The fourth-order valence-corrected chi connectivity index (χ4v) is 2.32. The fraction of sp³-hybridized carbons (Fsp3) is 0.364. The largest absolute Gasteiger partial charge is 0.368 e. The summed E-state index contributed by atoms with van der Waals surface area (Å²) >= 11 is 1.66. The molecule has 4 heteroatoms. The molecular weight excluding hydrogens is 215 g/mol. The van der Waals surface area contributed by atoms with Crippen molar-refractivity contribution in [1.29, 1.82) is 0 Å². The molecule has 1 aliphatic rings. The van der Waals surface area contributed by atoms with E-state index in [-0.39, 0.29) is 11.3 Å². The van der Waals surface area contributed by atoms with Gasteiger partial charge in [-0.05, 0) is 12.1 Å². The molecule has 2 rings (SSSR count). The van der Waals surface area contributed by atoms with Crippen LogP contribution >= 0.6 is 11.8 Å². The molecule has 1 fully saturated rings. The maximum Gasteiger partial charge on any atom is 0.195 e. The first-order chi connectivity index (χ1) is 7.29. The van der Waals surface area contributed by atoms with Gasteiger partial charge in [0.05, 0.1) is 12.2 Å². The lowest BCUT2D eigenvalue weighted by atomic mass is 10.1. The Morgan fingerprint density at radius 3 is 2.93 bits per heavy atom. The third-order valence-electron chi connectivity index (χ3n) is 2.25. The Kier molecular flexibility index (Phi) is 3.38. The molecule has 1 saturated heterocycles. The molecule has 0 saturated carbocycles. The number of ketones is 1. The second kappa shape index (κ2) is 4.77. The molecule has 80 valence electrons. The Morgan fingerprint density at radius 1 is 1.47 bits per heavy atom. The standard InChI is InChI=1S/C11H11FO2S/c12-9-4-2-1-3-8(9)11(13)10-7-15-6-5-14-10/h1-4,10H,5-7H2. The molecule has 0 N–H and O–H groups in total. The number of carbonyl (C=O) groups excluding carboxylic acids is 1. The van der Waals surface area contributed by atoms with Crippen molar-refractivity contribution in [1.82, 2.24) is 0 Å². The van der Waals surface area contributed by atoms with Crippen LogP contribution in [-0.4, -0.2) is 30.0 Å². The van der Waals surface area contributed by atoms with Crippen LogP contribution in [0.25, 0.3) is 0 Å². The highest BCUT2D eigenvalue weighted by Crippen LogP contribution is 2.18. The summed E-state index contributed by atoms with van der Waals surface area (Å²) in [6.07, 6.45) is -0.486. The number of ether oxygens (including phenoxy) is 1. The van der Waals surface area contributed by atoms with Crippen molar-refractivity contribution in [2.75, 3.05) is 18.1 Å². The minimum absolute atomic E-state index is 0.130. The molecule has 0 amide bonds. The average molecular weight is 226 g/mol. The smallest absolute Gasteiger partial charge is 0.195 e. The van der Waals surface area contributed by atoms with Crippen molar-refractivity contribution in [2.24, 2.45) is 0 Å². The summed E-state index contributed by atoms with van der Waals surface area (Å²) in [5.41, 5.74) is 0.130. The van der Waals surface area contributed by atoms with Crippen molar-refractivity contribution >= 4 is 17.5 Å².